The second-order valence-electron chi connectivity index (χ2n) is 5.05. The minimum absolute atomic E-state index is 0.277. The van der Waals surface area contributed by atoms with Crippen LogP contribution in [0.25, 0.3) is 0 Å². The van der Waals surface area contributed by atoms with E-state index in [1.54, 1.807) is 16.9 Å². The van der Waals surface area contributed by atoms with Crippen molar-refractivity contribution in [3.63, 3.8) is 0 Å². The van der Waals surface area contributed by atoms with Gasteiger partial charge in [-0.25, -0.2) is 4.39 Å². The molecular formula is C14H17Cl2FN4. The molecule has 21 heavy (non-hydrogen) atoms. The van der Waals surface area contributed by atoms with Gasteiger partial charge in [0.2, 0.25) is 0 Å². The summed E-state index contributed by atoms with van der Waals surface area (Å²) >= 11 is 12.3. The van der Waals surface area contributed by atoms with Crippen molar-refractivity contribution in [3.8, 4) is 0 Å². The number of nitrogens with zero attached hydrogens (tertiary/aromatic N) is 3. The normalized spacial score (nSPS) is 12.9. The maximum absolute atomic E-state index is 13.1. The molecule has 2 aromatic rings. The third-order valence-electron chi connectivity index (χ3n) is 3.18. The summed E-state index contributed by atoms with van der Waals surface area (Å²) in [7, 11) is 3.95. The molecule has 2 N–H and O–H groups in total. The van der Waals surface area contributed by atoms with Gasteiger partial charge in [-0.3, -0.25) is 4.68 Å². The van der Waals surface area contributed by atoms with Crippen molar-refractivity contribution in [1.82, 2.24) is 14.7 Å². The Morgan fingerprint density at radius 2 is 2.05 bits per heavy atom. The summed E-state index contributed by atoms with van der Waals surface area (Å²) in [6, 6.07) is 3.58. The Hall–Kier alpha value is -1.14. The number of halogens is 3. The molecule has 0 spiro atoms. The largest absolute Gasteiger partial charge is 0.319 e. The van der Waals surface area contributed by atoms with Gasteiger partial charge in [-0.2, -0.15) is 5.10 Å². The number of hydrogen-bond donors (Lipinski definition) is 1. The molecule has 0 aliphatic heterocycles. The van der Waals surface area contributed by atoms with Crippen LogP contribution in [0.15, 0.2) is 24.4 Å². The summed E-state index contributed by atoms with van der Waals surface area (Å²) in [6.45, 7) is 1.45. The van der Waals surface area contributed by atoms with Gasteiger partial charge in [0, 0.05) is 11.6 Å². The smallest absolute Gasteiger partial charge is 0.124 e. The van der Waals surface area contributed by atoms with E-state index in [9.17, 15) is 4.39 Å². The lowest BCUT2D eigenvalue weighted by Gasteiger charge is -2.18. The summed E-state index contributed by atoms with van der Waals surface area (Å²) in [5, 5.41) is 4.99. The first-order chi connectivity index (χ1) is 9.90. The highest BCUT2D eigenvalue weighted by molar-refractivity contribution is 6.32. The topological polar surface area (TPSA) is 47.1 Å². The number of benzene rings is 1. The van der Waals surface area contributed by atoms with Crippen molar-refractivity contribution in [3.05, 3.63) is 51.5 Å². The van der Waals surface area contributed by atoms with E-state index in [0.29, 0.717) is 22.8 Å². The van der Waals surface area contributed by atoms with Crippen LogP contribution < -0.4 is 5.73 Å². The molecule has 4 nitrogen and oxygen atoms in total. The van der Waals surface area contributed by atoms with Crippen LogP contribution >= 0.6 is 23.2 Å². The van der Waals surface area contributed by atoms with E-state index in [0.717, 1.165) is 6.54 Å². The standard InChI is InChI=1S/C14H17Cl2FN4/c1-20(2)5-6-21-14(12(16)8-19-21)13(18)10-4-3-9(17)7-11(10)15/h3-4,7-8,13H,5-6,18H2,1-2H3. The van der Waals surface area contributed by atoms with Gasteiger partial charge >= 0.3 is 0 Å². The van der Waals surface area contributed by atoms with Crippen molar-refractivity contribution in [1.29, 1.82) is 0 Å². The lowest BCUT2D eigenvalue weighted by atomic mass is 10.0. The van der Waals surface area contributed by atoms with E-state index >= 15 is 0 Å². The molecule has 0 saturated heterocycles. The minimum atomic E-state index is -0.560. The molecule has 7 heteroatoms. The molecule has 0 bridgehead atoms. The van der Waals surface area contributed by atoms with E-state index < -0.39 is 11.9 Å². The molecule has 2 rings (SSSR count). The number of likely N-dealkylation sites (N-methyl/N-ethyl adjacent to an activating group) is 1. The monoisotopic (exact) mass is 330 g/mol. The Balaban J connectivity index is 2.34. The van der Waals surface area contributed by atoms with Crippen molar-refractivity contribution in [2.45, 2.75) is 12.6 Å². The highest BCUT2D eigenvalue weighted by Crippen LogP contribution is 2.31. The number of nitrogens with two attached hydrogens (primary N) is 1. The minimum Gasteiger partial charge on any atom is -0.319 e. The van der Waals surface area contributed by atoms with Gasteiger partial charge in [-0.1, -0.05) is 29.3 Å². The van der Waals surface area contributed by atoms with E-state index in [1.165, 1.54) is 12.1 Å². The van der Waals surface area contributed by atoms with Crippen LogP contribution in [0, 0.1) is 5.82 Å². The van der Waals surface area contributed by atoms with Gasteiger partial charge in [0.15, 0.2) is 0 Å². The Bertz CT molecular complexity index is 627. The average Bonchev–Trinajstić information content (AvgIpc) is 2.77. The predicted molar refractivity (Wildman–Crippen MR) is 83.2 cm³/mol. The van der Waals surface area contributed by atoms with Crippen LogP contribution in [0.3, 0.4) is 0 Å². The molecule has 1 aromatic carbocycles. The fourth-order valence-corrected chi connectivity index (χ4v) is 2.60. The van der Waals surface area contributed by atoms with Crippen molar-refractivity contribution in [2.75, 3.05) is 20.6 Å². The molecule has 1 heterocycles. The molecule has 0 aliphatic rings. The van der Waals surface area contributed by atoms with Gasteiger partial charge in [-0.15, -0.1) is 0 Å². The van der Waals surface area contributed by atoms with Crippen LogP contribution in [0.2, 0.25) is 10.0 Å². The molecule has 0 fully saturated rings. The molecule has 1 unspecified atom stereocenters. The number of hydrogen-bond acceptors (Lipinski definition) is 3. The van der Waals surface area contributed by atoms with Crippen LogP contribution in [-0.4, -0.2) is 35.3 Å². The van der Waals surface area contributed by atoms with Gasteiger partial charge in [0.1, 0.15) is 5.82 Å². The van der Waals surface area contributed by atoms with Crippen molar-refractivity contribution < 1.29 is 4.39 Å². The van der Waals surface area contributed by atoms with E-state index in [4.69, 9.17) is 28.9 Å². The maximum atomic E-state index is 13.1. The van der Waals surface area contributed by atoms with Gasteiger partial charge in [0.25, 0.3) is 0 Å². The fourth-order valence-electron chi connectivity index (χ4n) is 2.06. The zero-order chi connectivity index (χ0) is 15.6. The molecule has 0 aliphatic carbocycles. The average molecular weight is 331 g/mol. The van der Waals surface area contributed by atoms with E-state index in [-0.39, 0.29) is 5.02 Å². The number of rotatable bonds is 5. The Labute approximate surface area is 133 Å². The lowest BCUT2D eigenvalue weighted by Crippen LogP contribution is -2.23. The first-order valence-corrected chi connectivity index (χ1v) is 7.22. The van der Waals surface area contributed by atoms with Gasteiger partial charge in [0.05, 0.1) is 29.5 Å². The Morgan fingerprint density at radius 3 is 2.67 bits per heavy atom. The van der Waals surface area contributed by atoms with Crippen LogP contribution in [-0.2, 0) is 6.54 Å². The number of aromatic nitrogens is 2. The predicted octanol–water partition coefficient (Wildman–Crippen LogP) is 2.94. The fraction of sp³-hybridized carbons (Fsp3) is 0.357. The highest BCUT2D eigenvalue weighted by atomic mass is 35.5. The Morgan fingerprint density at radius 1 is 1.33 bits per heavy atom. The summed E-state index contributed by atoms with van der Waals surface area (Å²) in [5.41, 5.74) is 7.54. The lowest BCUT2D eigenvalue weighted by molar-refractivity contribution is 0.368. The SMILES string of the molecule is CN(C)CCn1ncc(Cl)c1C(N)c1ccc(F)cc1Cl. The summed E-state index contributed by atoms with van der Waals surface area (Å²) < 4.78 is 14.9. The maximum Gasteiger partial charge on any atom is 0.124 e. The first kappa shape index (κ1) is 16.2. The summed E-state index contributed by atoms with van der Waals surface area (Å²) in [4.78, 5) is 2.04. The second-order valence-corrected chi connectivity index (χ2v) is 5.86. The third-order valence-corrected chi connectivity index (χ3v) is 3.80. The molecule has 1 atom stereocenters. The summed E-state index contributed by atoms with van der Waals surface area (Å²) in [5.74, 6) is -0.400. The Kier molecular flexibility index (Phi) is 5.22. The first-order valence-electron chi connectivity index (χ1n) is 6.46. The second kappa shape index (κ2) is 6.75. The molecule has 1 aromatic heterocycles. The highest BCUT2D eigenvalue weighted by Gasteiger charge is 2.21. The van der Waals surface area contributed by atoms with Crippen LogP contribution in [0.4, 0.5) is 4.39 Å². The zero-order valence-corrected chi connectivity index (χ0v) is 13.4. The van der Waals surface area contributed by atoms with E-state index in [2.05, 4.69) is 5.10 Å². The van der Waals surface area contributed by atoms with Crippen molar-refractivity contribution >= 4 is 23.2 Å². The van der Waals surface area contributed by atoms with Crippen LogP contribution in [0.5, 0.6) is 0 Å². The van der Waals surface area contributed by atoms with Crippen molar-refractivity contribution in [2.24, 2.45) is 5.73 Å². The molecule has 0 radical (unpaired) electrons. The molecular weight excluding hydrogens is 314 g/mol. The van der Waals surface area contributed by atoms with Gasteiger partial charge in [-0.05, 0) is 31.8 Å². The molecule has 114 valence electrons. The van der Waals surface area contributed by atoms with Gasteiger partial charge < -0.3 is 10.6 Å². The summed E-state index contributed by atoms with van der Waals surface area (Å²) in [6.07, 6.45) is 1.56. The molecule has 0 amide bonds. The zero-order valence-electron chi connectivity index (χ0n) is 11.9. The van der Waals surface area contributed by atoms with E-state index in [1.807, 2.05) is 19.0 Å². The quantitative estimate of drug-likeness (QED) is 0.916. The van der Waals surface area contributed by atoms with Crippen LogP contribution in [0.1, 0.15) is 17.3 Å². The molecule has 0 saturated carbocycles. The third kappa shape index (κ3) is 3.74.